The van der Waals surface area contributed by atoms with Crippen LogP contribution in [-0.2, 0) is 4.84 Å². The van der Waals surface area contributed by atoms with Crippen molar-refractivity contribution in [2.45, 2.75) is 12.5 Å². The van der Waals surface area contributed by atoms with Gasteiger partial charge < -0.3 is 19.6 Å². The van der Waals surface area contributed by atoms with Gasteiger partial charge in [-0.05, 0) is 30.3 Å². The Morgan fingerprint density at radius 3 is 2.73 bits per heavy atom. The van der Waals surface area contributed by atoms with E-state index < -0.39 is 0 Å². The van der Waals surface area contributed by atoms with Gasteiger partial charge in [0.05, 0.1) is 22.3 Å². The SMILES string of the molecule is O=C(NCC1CC(c2c(Cl)cccc2Cl)=NO1)c1ccc2c(c1)OCO2. The summed E-state index contributed by atoms with van der Waals surface area (Å²) in [6.07, 6.45) is 0.223. The third-order valence-electron chi connectivity index (χ3n) is 4.11. The summed E-state index contributed by atoms with van der Waals surface area (Å²) in [4.78, 5) is 17.7. The number of hydrogen-bond acceptors (Lipinski definition) is 5. The maximum Gasteiger partial charge on any atom is 0.251 e. The van der Waals surface area contributed by atoms with E-state index in [4.69, 9.17) is 37.5 Å². The molecule has 2 aromatic carbocycles. The second-order valence-electron chi connectivity index (χ2n) is 5.84. The highest BCUT2D eigenvalue weighted by atomic mass is 35.5. The zero-order chi connectivity index (χ0) is 18.1. The molecule has 1 atom stereocenters. The second-order valence-corrected chi connectivity index (χ2v) is 6.66. The van der Waals surface area contributed by atoms with Gasteiger partial charge in [0.2, 0.25) is 6.79 Å². The molecule has 0 aromatic heterocycles. The first kappa shape index (κ1) is 17.0. The van der Waals surface area contributed by atoms with E-state index >= 15 is 0 Å². The number of nitrogens with one attached hydrogen (secondary N) is 1. The van der Waals surface area contributed by atoms with Crippen molar-refractivity contribution in [3.63, 3.8) is 0 Å². The van der Waals surface area contributed by atoms with E-state index in [0.717, 1.165) is 0 Å². The number of fused-ring (bicyclic) bond motifs is 1. The molecule has 2 aliphatic rings. The highest BCUT2D eigenvalue weighted by molar-refractivity contribution is 6.40. The average molecular weight is 393 g/mol. The van der Waals surface area contributed by atoms with Gasteiger partial charge in [0.25, 0.3) is 5.91 Å². The van der Waals surface area contributed by atoms with Gasteiger partial charge in [-0.1, -0.05) is 34.4 Å². The molecule has 1 amide bonds. The zero-order valence-corrected chi connectivity index (χ0v) is 15.0. The number of carbonyl (C=O) groups excluding carboxylic acids is 1. The van der Waals surface area contributed by atoms with Crippen molar-refractivity contribution in [1.82, 2.24) is 5.32 Å². The predicted octanol–water partition coefficient (Wildman–Crippen LogP) is 3.65. The van der Waals surface area contributed by atoms with Crippen LogP contribution in [0.5, 0.6) is 11.5 Å². The van der Waals surface area contributed by atoms with Crippen LogP contribution in [0.15, 0.2) is 41.6 Å². The van der Waals surface area contributed by atoms with E-state index in [1.807, 2.05) is 0 Å². The second kappa shape index (κ2) is 7.05. The number of nitrogens with zero attached hydrogens (tertiary/aromatic N) is 1. The topological polar surface area (TPSA) is 69.2 Å². The average Bonchev–Trinajstić information content (AvgIpc) is 3.28. The van der Waals surface area contributed by atoms with E-state index in [1.165, 1.54) is 0 Å². The van der Waals surface area contributed by atoms with Crippen LogP contribution in [0.3, 0.4) is 0 Å². The van der Waals surface area contributed by atoms with E-state index in [9.17, 15) is 4.79 Å². The summed E-state index contributed by atoms with van der Waals surface area (Å²) in [5, 5.41) is 7.94. The van der Waals surface area contributed by atoms with Crippen molar-refractivity contribution >= 4 is 34.8 Å². The van der Waals surface area contributed by atoms with E-state index in [1.54, 1.807) is 36.4 Å². The molecule has 2 aliphatic heterocycles. The molecule has 1 N–H and O–H groups in total. The predicted molar refractivity (Wildman–Crippen MR) is 97.4 cm³/mol. The van der Waals surface area contributed by atoms with Crippen LogP contribution in [0.1, 0.15) is 22.3 Å². The van der Waals surface area contributed by atoms with Crippen molar-refractivity contribution in [2.75, 3.05) is 13.3 Å². The van der Waals surface area contributed by atoms with Gasteiger partial charge in [-0.3, -0.25) is 4.79 Å². The summed E-state index contributed by atoms with van der Waals surface area (Å²) >= 11 is 12.4. The number of amides is 1. The minimum absolute atomic E-state index is 0.168. The minimum Gasteiger partial charge on any atom is -0.454 e. The Morgan fingerprint density at radius 1 is 1.15 bits per heavy atom. The van der Waals surface area contributed by atoms with Crippen LogP contribution in [-0.4, -0.2) is 31.1 Å². The van der Waals surface area contributed by atoms with Gasteiger partial charge in [0.1, 0.15) is 6.10 Å². The Balaban J connectivity index is 1.36. The maximum absolute atomic E-state index is 12.3. The van der Waals surface area contributed by atoms with Crippen LogP contribution in [0.2, 0.25) is 10.0 Å². The molecule has 0 saturated carbocycles. The van der Waals surface area contributed by atoms with E-state index in [-0.39, 0.29) is 18.8 Å². The molecular formula is C18H14Cl2N2O4. The van der Waals surface area contributed by atoms with Gasteiger partial charge in [-0.2, -0.15) is 0 Å². The van der Waals surface area contributed by atoms with Gasteiger partial charge in [0, 0.05) is 17.5 Å². The quantitative estimate of drug-likeness (QED) is 0.861. The molecule has 134 valence electrons. The summed E-state index contributed by atoms with van der Waals surface area (Å²) in [5.74, 6) is 0.972. The molecule has 0 spiro atoms. The summed E-state index contributed by atoms with van der Waals surface area (Å²) < 4.78 is 10.5. The molecule has 2 aromatic rings. The molecule has 2 heterocycles. The maximum atomic E-state index is 12.3. The Hall–Kier alpha value is -2.44. The molecule has 0 radical (unpaired) electrons. The number of ether oxygens (including phenoxy) is 2. The Bertz CT molecular complexity index is 881. The van der Waals surface area contributed by atoms with Crippen LogP contribution < -0.4 is 14.8 Å². The number of hydrogen-bond donors (Lipinski definition) is 1. The zero-order valence-electron chi connectivity index (χ0n) is 13.5. The lowest BCUT2D eigenvalue weighted by molar-refractivity contribution is 0.0753. The first-order valence-corrected chi connectivity index (χ1v) is 8.72. The van der Waals surface area contributed by atoms with Gasteiger partial charge in [0.15, 0.2) is 11.5 Å². The molecule has 0 fully saturated rings. The normalized spacial score (nSPS) is 17.6. The van der Waals surface area contributed by atoms with E-state index in [2.05, 4.69) is 10.5 Å². The third kappa shape index (κ3) is 3.30. The fourth-order valence-corrected chi connectivity index (χ4v) is 3.42. The Kier molecular flexibility index (Phi) is 4.61. The van der Waals surface area contributed by atoms with Crippen molar-refractivity contribution < 1.29 is 19.1 Å². The van der Waals surface area contributed by atoms with Crippen LogP contribution in [0.25, 0.3) is 0 Å². The fourth-order valence-electron chi connectivity index (χ4n) is 2.81. The molecule has 26 heavy (non-hydrogen) atoms. The standard InChI is InChI=1S/C18H14Cl2N2O4/c19-12-2-1-3-13(20)17(12)14-7-11(26-22-14)8-21-18(23)10-4-5-15-16(6-10)25-9-24-15/h1-6,11H,7-9H2,(H,21,23). The Labute approximate surface area is 159 Å². The molecule has 4 rings (SSSR count). The minimum atomic E-state index is -0.282. The lowest BCUT2D eigenvalue weighted by Gasteiger charge is -2.10. The molecule has 0 aliphatic carbocycles. The van der Waals surface area contributed by atoms with Crippen molar-refractivity contribution in [3.8, 4) is 11.5 Å². The van der Waals surface area contributed by atoms with Crippen molar-refractivity contribution in [3.05, 3.63) is 57.6 Å². The number of benzene rings is 2. The molecule has 0 bridgehead atoms. The molecular weight excluding hydrogens is 379 g/mol. The smallest absolute Gasteiger partial charge is 0.251 e. The third-order valence-corrected chi connectivity index (χ3v) is 4.74. The lowest BCUT2D eigenvalue weighted by atomic mass is 10.0. The van der Waals surface area contributed by atoms with E-state index in [0.29, 0.717) is 51.3 Å². The highest BCUT2D eigenvalue weighted by Gasteiger charge is 2.26. The van der Waals surface area contributed by atoms with Crippen molar-refractivity contribution in [2.24, 2.45) is 5.16 Å². The molecule has 1 unspecified atom stereocenters. The number of rotatable bonds is 4. The summed E-state index contributed by atoms with van der Waals surface area (Å²) in [5.41, 5.74) is 1.82. The monoisotopic (exact) mass is 392 g/mol. The number of carbonyl (C=O) groups is 1. The fraction of sp³-hybridized carbons (Fsp3) is 0.222. The lowest BCUT2D eigenvalue weighted by Crippen LogP contribution is -2.32. The Morgan fingerprint density at radius 2 is 1.92 bits per heavy atom. The molecule has 0 saturated heterocycles. The van der Waals surface area contributed by atoms with Gasteiger partial charge in [-0.25, -0.2) is 0 Å². The highest BCUT2D eigenvalue weighted by Crippen LogP contribution is 2.32. The number of halogens is 2. The number of oxime groups is 1. The van der Waals surface area contributed by atoms with Crippen LogP contribution >= 0.6 is 23.2 Å². The molecule has 6 nitrogen and oxygen atoms in total. The summed E-state index contributed by atoms with van der Waals surface area (Å²) in [7, 11) is 0. The van der Waals surface area contributed by atoms with Crippen LogP contribution in [0.4, 0.5) is 0 Å². The van der Waals surface area contributed by atoms with Crippen LogP contribution in [0, 0.1) is 0 Å². The first-order chi connectivity index (χ1) is 12.6. The van der Waals surface area contributed by atoms with Gasteiger partial charge >= 0.3 is 0 Å². The summed E-state index contributed by atoms with van der Waals surface area (Å²) in [6.45, 7) is 0.476. The molecule has 8 heteroatoms. The van der Waals surface area contributed by atoms with Crippen molar-refractivity contribution in [1.29, 1.82) is 0 Å². The van der Waals surface area contributed by atoms with Gasteiger partial charge in [-0.15, -0.1) is 0 Å². The largest absolute Gasteiger partial charge is 0.454 e. The summed E-state index contributed by atoms with van der Waals surface area (Å²) in [6, 6.07) is 10.3. The first-order valence-electron chi connectivity index (χ1n) is 7.97.